The van der Waals surface area contributed by atoms with Crippen molar-refractivity contribution in [3.05, 3.63) is 64.1 Å². The first-order valence-electron chi connectivity index (χ1n) is 8.49. The summed E-state index contributed by atoms with van der Waals surface area (Å²) in [5, 5.41) is 3.88. The molecule has 0 heterocycles. The minimum Gasteiger partial charge on any atom is -0.354 e. The molecule has 1 amide bonds. The fourth-order valence-corrected chi connectivity index (χ4v) is 4.29. The van der Waals surface area contributed by atoms with E-state index >= 15 is 0 Å². The van der Waals surface area contributed by atoms with Gasteiger partial charge in [0.05, 0.1) is 11.9 Å². The quantitative estimate of drug-likeness (QED) is 0.692. The predicted octanol–water partition coefficient (Wildman–Crippen LogP) is 3.90. The van der Waals surface area contributed by atoms with Gasteiger partial charge in [-0.25, -0.2) is 8.42 Å². The summed E-state index contributed by atoms with van der Waals surface area (Å²) in [4.78, 5) is 12.7. The van der Waals surface area contributed by atoms with E-state index < -0.39 is 16.1 Å². The molecule has 2 aromatic carbocycles. The summed E-state index contributed by atoms with van der Waals surface area (Å²) in [5.74, 6) is -0.350. The standard InChI is InChI=1S/C19H22Cl2N2O3S/c1-3-18(19(24)22-12-11-14-7-9-15(20)10-8-14)23(27(2,25)26)17-6-4-5-16(21)13-17/h4-10,13,18H,3,11-12H2,1-2H3,(H,22,24)/t18-/m1/s1. The Kier molecular flexibility index (Phi) is 7.53. The molecule has 0 spiro atoms. The Bertz CT molecular complexity index is 886. The van der Waals surface area contributed by atoms with Crippen LogP contribution in [0.15, 0.2) is 48.5 Å². The van der Waals surface area contributed by atoms with Crippen LogP contribution >= 0.6 is 23.2 Å². The zero-order chi connectivity index (χ0) is 20.0. The maximum absolute atomic E-state index is 12.7. The third-order valence-electron chi connectivity index (χ3n) is 4.02. The van der Waals surface area contributed by atoms with Crippen LogP contribution in [-0.2, 0) is 21.2 Å². The molecule has 0 aliphatic carbocycles. The van der Waals surface area contributed by atoms with Crippen molar-refractivity contribution in [3.8, 4) is 0 Å². The van der Waals surface area contributed by atoms with Gasteiger partial charge in [0.2, 0.25) is 15.9 Å². The Hall–Kier alpha value is -1.76. The van der Waals surface area contributed by atoms with Crippen molar-refractivity contribution in [3.63, 3.8) is 0 Å². The van der Waals surface area contributed by atoms with E-state index in [0.29, 0.717) is 35.1 Å². The second-order valence-corrected chi connectivity index (χ2v) is 8.86. The van der Waals surface area contributed by atoms with Crippen molar-refractivity contribution in [1.82, 2.24) is 5.32 Å². The molecule has 2 aromatic rings. The van der Waals surface area contributed by atoms with Crippen LogP contribution in [0.4, 0.5) is 5.69 Å². The minimum atomic E-state index is -3.67. The maximum Gasteiger partial charge on any atom is 0.243 e. The van der Waals surface area contributed by atoms with E-state index in [1.165, 1.54) is 6.07 Å². The van der Waals surface area contributed by atoms with Gasteiger partial charge in [0.15, 0.2) is 0 Å². The molecule has 0 aliphatic heterocycles. The third kappa shape index (κ3) is 6.13. The number of hydrogen-bond acceptors (Lipinski definition) is 3. The first kappa shape index (κ1) is 21.5. The van der Waals surface area contributed by atoms with Gasteiger partial charge in [-0.05, 0) is 48.7 Å². The second-order valence-electron chi connectivity index (χ2n) is 6.13. The molecule has 146 valence electrons. The van der Waals surface area contributed by atoms with Gasteiger partial charge in [0, 0.05) is 16.6 Å². The van der Waals surface area contributed by atoms with Crippen molar-refractivity contribution < 1.29 is 13.2 Å². The number of nitrogens with zero attached hydrogens (tertiary/aromatic N) is 1. The summed E-state index contributed by atoms with van der Waals surface area (Å²) < 4.78 is 25.9. The molecule has 5 nitrogen and oxygen atoms in total. The van der Waals surface area contributed by atoms with Gasteiger partial charge in [-0.3, -0.25) is 9.10 Å². The van der Waals surface area contributed by atoms with E-state index in [9.17, 15) is 13.2 Å². The smallest absolute Gasteiger partial charge is 0.243 e. The molecule has 0 saturated carbocycles. The fraction of sp³-hybridized carbons (Fsp3) is 0.316. The first-order chi connectivity index (χ1) is 12.7. The first-order valence-corrected chi connectivity index (χ1v) is 11.1. The van der Waals surface area contributed by atoms with Crippen molar-refractivity contribution in [2.24, 2.45) is 0 Å². The summed E-state index contributed by atoms with van der Waals surface area (Å²) in [6, 6.07) is 13.0. The van der Waals surface area contributed by atoms with Crippen molar-refractivity contribution in [2.45, 2.75) is 25.8 Å². The molecule has 2 rings (SSSR count). The van der Waals surface area contributed by atoms with Gasteiger partial charge in [-0.1, -0.05) is 48.3 Å². The van der Waals surface area contributed by atoms with Gasteiger partial charge in [0.1, 0.15) is 6.04 Å². The Morgan fingerprint density at radius 3 is 2.33 bits per heavy atom. The molecule has 0 aromatic heterocycles. The number of nitrogens with one attached hydrogen (secondary N) is 1. The Balaban J connectivity index is 2.13. The molecule has 0 bridgehead atoms. The van der Waals surface area contributed by atoms with Crippen LogP contribution in [-0.4, -0.2) is 33.2 Å². The van der Waals surface area contributed by atoms with E-state index in [4.69, 9.17) is 23.2 Å². The van der Waals surface area contributed by atoms with Crippen LogP contribution < -0.4 is 9.62 Å². The SMILES string of the molecule is CC[C@H](C(=O)NCCc1ccc(Cl)cc1)N(c1cccc(Cl)c1)S(C)(=O)=O. The molecule has 0 radical (unpaired) electrons. The topological polar surface area (TPSA) is 66.5 Å². The number of hydrogen-bond donors (Lipinski definition) is 1. The summed E-state index contributed by atoms with van der Waals surface area (Å²) in [5.41, 5.74) is 1.40. The summed E-state index contributed by atoms with van der Waals surface area (Å²) in [7, 11) is -3.67. The Labute approximate surface area is 170 Å². The normalized spacial score (nSPS) is 12.4. The van der Waals surface area contributed by atoms with E-state index in [2.05, 4.69) is 5.32 Å². The number of amides is 1. The van der Waals surface area contributed by atoms with Crippen LogP contribution in [0, 0.1) is 0 Å². The lowest BCUT2D eigenvalue weighted by atomic mass is 10.1. The zero-order valence-electron chi connectivity index (χ0n) is 15.2. The fourth-order valence-electron chi connectivity index (χ4n) is 2.77. The van der Waals surface area contributed by atoms with Gasteiger partial charge in [-0.2, -0.15) is 0 Å². The molecule has 27 heavy (non-hydrogen) atoms. The largest absolute Gasteiger partial charge is 0.354 e. The van der Waals surface area contributed by atoms with Gasteiger partial charge in [-0.15, -0.1) is 0 Å². The van der Waals surface area contributed by atoms with Gasteiger partial charge >= 0.3 is 0 Å². The van der Waals surface area contributed by atoms with Crippen molar-refractivity contribution >= 4 is 44.8 Å². The van der Waals surface area contributed by atoms with Crippen LogP contribution in [0.1, 0.15) is 18.9 Å². The summed E-state index contributed by atoms with van der Waals surface area (Å²) in [6.07, 6.45) is 2.03. The number of rotatable bonds is 8. The zero-order valence-corrected chi connectivity index (χ0v) is 17.5. The summed E-state index contributed by atoms with van der Waals surface area (Å²) >= 11 is 11.9. The monoisotopic (exact) mass is 428 g/mol. The van der Waals surface area contributed by atoms with E-state index in [1.807, 2.05) is 12.1 Å². The van der Waals surface area contributed by atoms with E-state index in [1.54, 1.807) is 37.3 Å². The predicted molar refractivity (Wildman–Crippen MR) is 111 cm³/mol. The molecule has 8 heteroatoms. The number of sulfonamides is 1. The third-order valence-corrected chi connectivity index (χ3v) is 5.69. The number of carbonyl (C=O) groups excluding carboxylic acids is 1. The van der Waals surface area contributed by atoms with Crippen LogP contribution in [0.3, 0.4) is 0 Å². The molecular weight excluding hydrogens is 407 g/mol. The number of halogens is 2. The summed E-state index contributed by atoms with van der Waals surface area (Å²) in [6.45, 7) is 2.16. The Morgan fingerprint density at radius 2 is 1.78 bits per heavy atom. The van der Waals surface area contributed by atoms with Crippen molar-refractivity contribution in [2.75, 3.05) is 17.1 Å². The highest BCUT2D eigenvalue weighted by Gasteiger charge is 2.31. The average molecular weight is 429 g/mol. The van der Waals surface area contributed by atoms with E-state index in [-0.39, 0.29) is 5.91 Å². The number of benzene rings is 2. The second kappa shape index (κ2) is 9.44. The highest BCUT2D eigenvalue weighted by molar-refractivity contribution is 7.92. The lowest BCUT2D eigenvalue weighted by Crippen LogP contribution is -2.49. The number of carbonyl (C=O) groups is 1. The van der Waals surface area contributed by atoms with Crippen LogP contribution in [0.5, 0.6) is 0 Å². The van der Waals surface area contributed by atoms with Gasteiger partial charge < -0.3 is 5.32 Å². The lowest BCUT2D eigenvalue weighted by molar-refractivity contribution is -0.122. The molecule has 0 aliphatic rings. The van der Waals surface area contributed by atoms with Crippen molar-refractivity contribution in [1.29, 1.82) is 0 Å². The highest BCUT2D eigenvalue weighted by atomic mass is 35.5. The molecule has 0 saturated heterocycles. The highest BCUT2D eigenvalue weighted by Crippen LogP contribution is 2.25. The van der Waals surface area contributed by atoms with E-state index in [0.717, 1.165) is 16.1 Å². The molecular formula is C19H22Cl2N2O3S. The lowest BCUT2D eigenvalue weighted by Gasteiger charge is -2.30. The maximum atomic E-state index is 12.7. The molecule has 0 fully saturated rings. The number of anilines is 1. The molecule has 1 N–H and O–H groups in total. The van der Waals surface area contributed by atoms with Crippen LogP contribution in [0.2, 0.25) is 10.0 Å². The average Bonchev–Trinajstić information content (AvgIpc) is 2.60. The molecule has 0 unspecified atom stereocenters. The molecule has 1 atom stereocenters. The minimum absolute atomic E-state index is 0.326. The van der Waals surface area contributed by atoms with Gasteiger partial charge in [0.25, 0.3) is 0 Å². The van der Waals surface area contributed by atoms with Crippen LogP contribution in [0.25, 0.3) is 0 Å². The Morgan fingerprint density at radius 1 is 1.11 bits per heavy atom.